The molecule has 1 atom stereocenters. The van der Waals surface area contributed by atoms with Gasteiger partial charge in [0.1, 0.15) is 5.01 Å². The monoisotopic (exact) mass is 392 g/mol. The summed E-state index contributed by atoms with van der Waals surface area (Å²) in [6.45, 7) is 3.01. The smallest absolute Gasteiger partial charge is 0.107 e. The van der Waals surface area contributed by atoms with E-state index in [4.69, 9.17) is 10.2 Å². The number of rotatable bonds is 6. The number of hydrogen-bond donors (Lipinski definition) is 1. The van der Waals surface area contributed by atoms with Gasteiger partial charge in [0.25, 0.3) is 0 Å². The van der Waals surface area contributed by atoms with Crippen LogP contribution in [0.2, 0.25) is 0 Å². The molecule has 1 saturated heterocycles. The van der Waals surface area contributed by atoms with Crippen LogP contribution in [0.5, 0.6) is 0 Å². The highest BCUT2D eigenvalue weighted by Crippen LogP contribution is 2.24. The van der Waals surface area contributed by atoms with Crippen LogP contribution in [0, 0.1) is 11.3 Å². The predicted octanol–water partition coefficient (Wildman–Crippen LogP) is 4.55. The largest absolute Gasteiger partial charge is 0.295 e. The fraction of sp³-hybridized carbons (Fsp3) is 0.238. The van der Waals surface area contributed by atoms with Crippen molar-refractivity contribution in [1.29, 1.82) is 5.26 Å². The van der Waals surface area contributed by atoms with Crippen molar-refractivity contribution in [3.8, 4) is 17.3 Å². The minimum atomic E-state index is 0.453. The zero-order chi connectivity index (χ0) is 18.5. The van der Waals surface area contributed by atoms with Crippen molar-refractivity contribution in [3.63, 3.8) is 0 Å². The fourth-order valence-corrected chi connectivity index (χ4v) is 4.84. The average Bonchev–Trinajstić information content (AvgIpc) is 3.37. The molecule has 27 heavy (non-hydrogen) atoms. The van der Waals surface area contributed by atoms with Crippen molar-refractivity contribution in [2.75, 3.05) is 13.1 Å². The molecule has 1 unspecified atom stereocenters. The third kappa shape index (κ3) is 4.76. The van der Waals surface area contributed by atoms with Crippen molar-refractivity contribution in [3.05, 3.63) is 70.5 Å². The molecule has 136 valence electrons. The highest BCUT2D eigenvalue weighted by atomic mass is 32.2. The number of thiazole rings is 1. The van der Waals surface area contributed by atoms with Gasteiger partial charge in [-0.25, -0.2) is 4.98 Å². The number of nitrogens with zero attached hydrogens (tertiary/aromatic N) is 3. The van der Waals surface area contributed by atoms with E-state index >= 15 is 0 Å². The summed E-state index contributed by atoms with van der Waals surface area (Å²) in [7, 11) is 0. The van der Waals surface area contributed by atoms with Crippen LogP contribution in [0.1, 0.15) is 17.0 Å². The number of aromatic nitrogens is 1. The molecule has 1 aliphatic rings. The number of likely N-dealkylation sites (tertiary alicyclic amines) is 1. The zero-order valence-electron chi connectivity index (χ0n) is 14.8. The molecule has 4 nitrogen and oxygen atoms in total. The van der Waals surface area contributed by atoms with E-state index in [1.165, 1.54) is 10.6 Å². The Labute approximate surface area is 168 Å². The van der Waals surface area contributed by atoms with E-state index in [1.54, 1.807) is 23.3 Å². The maximum absolute atomic E-state index is 9.00. The predicted molar refractivity (Wildman–Crippen MR) is 111 cm³/mol. The van der Waals surface area contributed by atoms with Crippen molar-refractivity contribution in [2.24, 2.45) is 0 Å². The summed E-state index contributed by atoms with van der Waals surface area (Å²) in [5, 5.41) is 12.3. The molecule has 4 rings (SSSR count). The first-order valence-electron chi connectivity index (χ1n) is 8.95. The van der Waals surface area contributed by atoms with Gasteiger partial charge in [0.2, 0.25) is 0 Å². The molecule has 0 bridgehead atoms. The van der Waals surface area contributed by atoms with Crippen molar-refractivity contribution < 1.29 is 0 Å². The van der Waals surface area contributed by atoms with Gasteiger partial charge in [-0.1, -0.05) is 36.4 Å². The first-order chi connectivity index (χ1) is 13.3. The standard InChI is InChI=1S/C21H20N4S2/c22-12-16-5-4-8-19(11-16)27-24-18-9-10-25(13-18)14-21-23-20(15-26-21)17-6-2-1-3-7-17/h1-8,11,15,18,24H,9-10,13-14H2. The highest BCUT2D eigenvalue weighted by molar-refractivity contribution is 7.97. The Kier molecular flexibility index (Phi) is 5.85. The van der Waals surface area contributed by atoms with Crippen LogP contribution in [0.25, 0.3) is 11.3 Å². The maximum atomic E-state index is 9.00. The van der Waals surface area contributed by atoms with Crippen molar-refractivity contribution in [2.45, 2.75) is 23.9 Å². The summed E-state index contributed by atoms with van der Waals surface area (Å²) in [5.41, 5.74) is 2.95. The molecule has 6 heteroatoms. The molecule has 0 amide bonds. The van der Waals surface area contributed by atoms with Gasteiger partial charge < -0.3 is 0 Å². The SMILES string of the molecule is N#Cc1cccc(SNC2CCN(Cc3nc(-c4ccccc4)cs3)C2)c1. The van der Waals surface area contributed by atoms with Gasteiger partial charge in [-0.05, 0) is 36.6 Å². The number of hydrogen-bond acceptors (Lipinski definition) is 6. The lowest BCUT2D eigenvalue weighted by Crippen LogP contribution is -2.28. The molecular weight excluding hydrogens is 372 g/mol. The number of benzene rings is 2. The van der Waals surface area contributed by atoms with E-state index in [0.29, 0.717) is 11.6 Å². The van der Waals surface area contributed by atoms with E-state index < -0.39 is 0 Å². The second kappa shape index (κ2) is 8.68. The Morgan fingerprint density at radius 3 is 2.96 bits per heavy atom. The second-order valence-electron chi connectivity index (χ2n) is 6.57. The Hall–Kier alpha value is -2.17. The van der Waals surface area contributed by atoms with Gasteiger partial charge in [-0.2, -0.15) is 5.26 Å². The van der Waals surface area contributed by atoms with Crippen LogP contribution in [0.3, 0.4) is 0 Å². The highest BCUT2D eigenvalue weighted by Gasteiger charge is 2.23. The molecule has 0 aliphatic carbocycles. The molecule has 0 radical (unpaired) electrons. The molecular formula is C21H20N4S2. The van der Waals surface area contributed by atoms with Gasteiger partial charge in [0.15, 0.2) is 0 Å². The van der Waals surface area contributed by atoms with Crippen LogP contribution < -0.4 is 4.72 Å². The summed E-state index contributed by atoms with van der Waals surface area (Å²) >= 11 is 3.35. The molecule has 1 fully saturated rings. The lowest BCUT2D eigenvalue weighted by molar-refractivity contribution is 0.325. The Morgan fingerprint density at radius 1 is 1.22 bits per heavy atom. The van der Waals surface area contributed by atoms with E-state index in [0.717, 1.165) is 36.6 Å². The zero-order valence-corrected chi connectivity index (χ0v) is 16.5. The lowest BCUT2D eigenvalue weighted by Gasteiger charge is -2.15. The Bertz CT molecular complexity index is 933. The quantitative estimate of drug-likeness (QED) is 0.624. The minimum Gasteiger partial charge on any atom is -0.295 e. The normalized spacial score (nSPS) is 17.1. The van der Waals surface area contributed by atoms with Gasteiger partial charge in [0.05, 0.1) is 23.9 Å². The summed E-state index contributed by atoms with van der Waals surface area (Å²) < 4.78 is 3.54. The summed E-state index contributed by atoms with van der Waals surface area (Å²) in [6, 6.07) is 20.7. The lowest BCUT2D eigenvalue weighted by atomic mass is 10.2. The number of nitriles is 1. The summed E-state index contributed by atoms with van der Waals surface area (Å²) in [4.78, 5) is 8.34. The first kappa shape index (κ1) is 18.2. The van der Waals surface area contributed by atoms with Crippen molar-refractivity contribution >= 4 is 23.3 Å². The Morgan fingerprint density at radius 2 is 2.11 bits per heavy atom. The molecule has 3 aromatic rings. The van der Waals surface area contributed by atoms with Gasteiger partial charge in [0, 0.05) is 35.0 Å². The fourth-order valence-electron chi connectivity index (χ4n) is 3.17. The maximum Gasteiger partial charge on any atom is 0.107 e. The third-order valence-electron chi connectivity index (χ3n) is 4.56. The van der Waals surface area contributed by atoms with Crippen LogP contribution >= 0.6 is 23.3 Å². The molecule has 2 aromatic carbocycles. The number of nitrogens with one attached hydrogen (secondary N) is 1. The molecule has 1 N–H and O–H groups in total. The molecule has 0 spiro atoms. The van der Waals surface area contributed by atoms with Crippen molar-refractivity contribution in [1.82, 2.24) is 14.6 Å². The van der Waals surface area contributed by atoms with Gasteiger partial charge in [-0.3, -0.25) is 9.62 Å². The van der Waals surface area contributed by atoms with E-state index in [9.17, 15) is 0 Å². The van der Waals surface area contributed by atoms with Gasteiger partial charge >= 0.3 is 0 Å². The first-order valence-corrected chi connectivity index (χ1v) is 10.6. The third-order valence-corrected chi connectivity index (χ3v) is 6.33. The Balaban J connectivity index is 1.29. The van der Waals surface area contributed by atoms with E-state index in [-0.39, 0.29) is 0 Å². The molecule has 0 saturated carbocycles. The second-order valence-corrected chi connectivity index (χ2v) is 8.43. The van der Waals surface area contributed by atoms with E-state index in [2.05, 4.69) is 45.3 Å². The van der Waals surface area contributed by atoms with Gasteiger partial charge in [-0.15, -0.1) is 11.3 Å². The van der Waals surface area contributed by atoms with Crippen LogP contribution in [-0.4, -0.2) is 29.0 Å². The summed E-state index contributed by atoms with van der Waals surface area (Å²) in [6.07, 6.45) is 1.13. The van der Waals surface area contributed by atoms with Crippen LogP contribution in [-0.2, 0) is 6.54 Å². The minimum absolute atomic E-state index is 0.453. The molecule has 1 aromatic heterocycles. The summed E-state index contributed by atoms with van der Waals surface area (Å²) in [5.74, 6) is 0. The van der Waals surface area contributed by atoms with Crippen LogP contribution in [0.15, 0.2) is 64.9 Å². The topological polar surface area (TPSA) is 52.0 Å². The average molecular weight is 393 g/mol. The molecule has 2 heterocycles. The molecule has 1 aliphatic heterocycles. The van der Waals surface area contributed by atoms with E-state index in [1.807, 2.05) is 30.3 Å². The van der Waals surface area contributed by atoms with Crippen LogP contribution in [0.4, 0.5) is 0 Å².